The third-order valence-corrected chi connectivity index (χ3v) is 3.88. The molecule has 124 valence electrons. The molecule has 2 N–H and O–H groups in total. The lowest BCUT2D eigenvalue weighted by Gasteiger charge is -2.35. The molecule has 3 unspecified atom stereocenters. The summed E-state index contributed by atoms with van der Waals surface area (Å²) in [5, 5.41) is 20.1. The third kappa shape index (κ3) is 3.21. The topological polar surface area (TPSA) is 89.1 Å². The minimum Gasteiger partial charge on any atom is -0.465 e. The summed E-state index contributed by atoms with van der Waals surface area (Å²) in [6.07, 6.45) is -4.35. The number of fused-ring (bicyclic) bond motifs is 1. The molecule has 1 fully saturated rings. The first-order valence-corrected chi connectivity index (χ1v) is 7.26. The Kier molecular flexibility index (Phi) is 4.34. The largest absolute Gasteiger partial charge is 0.465 e. The molecule has 1 aliphatic heterocycles. The number of alkyl halides is 1. The molecule has 23 heavy (non-hydrogen) atoms. The number of aryl methyl sites for hydroxylation is 1. The Hall–Kier alpha value is -1.96. The Morgan fingerprint density at radius 2 is 2.13 bits per heavy atom. The zero-order valence-corrected chi connectivity index (χ0v) is 12.4. The molecule has 1 aromatic carbocycles. The molecule has 2 aromatic rings. The summed E-state index contributed by atoms with van der Waals surface area (Å²) in [6.45, 7) is 0.861. The molecule has 4 atom stereocenters. The monoisotopic (exact) mass is 324 g/mol. The molecule has 0 saturated carbocycles. The van der Waals surface area contributed by atoms with E-state index in [0.29, 0.717) is 16.7 Å². The van der Waals surface area contributed by atoms with Gasteiger partial charge in [0.15, 0.2) is 0 Å². The number of hydrogen-bond donors (Lipinski definition) is 2. The van der Waals surface area contributed by atoms with Gasteiger partial charge in [-0.15, -0.1) is 0 Å². The van der Waals surface area contributed by atoms with Crippen LogP contribution >= 0.6 is 0 Å². The van der Waals surface area contributed by atoms with E-state index < -0.39 is 36.9 Å². The van der Waals surface area contributed by atoms with Crippen molar-refractivity contribution in [3.8, 4) is 5.75 Å². The van der Waals surface area contributed by atoms with Gasteiger partial charge in [-0.05, 0) is 30.7 Å². The van der Waals surface area contributed by atoms with Crippen molar-refractivity contribution < 1.29 is 28.5 Å². The first-order chi connectivity index (χ1) is 11.0. The molecule has 0 aliphatic carbocycles. The molecule has 1 saturated heterocycles. The van der Waals surface area contributed by atoms with E-state index in [1.165, 1.54) is 6.07 Å². The van der Waals surface area contributed by atoms with Crippen molar-refractivity contribution in [2.24, 2.45) is 0 Å². The zero-order chi connectivity index (χ0) is 16.6. The van der Waals surface area contributed by atoms with Gasteiger partial charge < -0.3 is 24.1 Å². The molecular weight excluding hydrogens is 307 g/mol. The van der Waals surface area contributed by atoms with Crippen LogP contribution in [-0.4, -0.2) is 41.5 Å². The highest BCUT2D eigenvalue weighted by Gasteiger charge is 2.37. The summed E-state index contributed by atoms with van der Waals surface area (Å²) in [7, 11) is 0. The summed E-state index contributed by atoms with van der Waals surface area (Å²) in [6, 6.07) is 6.25. The van der Waals surface area contributed by atoms with Crippen molar-refractivity contribution in [2.45, 2.75) is 37.9 Å². The number of halogens is 1. The number of aliphatic hydroxyl groups is 2. The first kappa shape index (κ1) is 15.9. The van der Waals surface area contributed by atoms with Gasteiger partial charge >= 0.3 is 5.63 Å². The van der Waals surface area contributed by atoms with Gasteiger partial charge in [-0.3, -0.25) is 0 Å². The molecule has 1 aromatic heterocycles. The van der Waals surface area contributed by atoms with E-state index in [-0.39, 0.29) is 6.42 Å². The minimum absolute atomic E-state index is 0.0263. The Morgan fingerprint density at radius 3 is 2.87 bits per heavy atom. The normalized spacial score (nSPS) is 28.0. The maximum Gasteiger partial charge on any atom is 0.336 e. The summed E-state index contributed by atoms with van der Waals surface area (Å²) >= 11 is 0. The second-order valence-electron chi connectivity index (χ2n) is 5.58. The number of ether oxygens (including phenoxy) is 2. The first-order valence-electron chi connectivity index (χ1n) is 7.26. The number of hydrogen-bond acceptors (Lipinski definition) is 6. The fourth-order valence-corrected chi connectivity index (χ4v) is 2.64. The van der Waals surface area contributed by atoms with Crippen molar-refractivity contribution >= 4 is 11.0 Å². The van der Waals surface area contributed by atoms with E-state index in [4.69, 9.17) is 13.9 Å². The van der Waals surface area contributed by atoms with Gasteiger partial charge in [-0.25, -0.2) is 9.18 Å². The van der Waals surface area contributed by atoms with E-state index in [1.807, 2.05) is 0 Å². The van der Waals surface area contributed by atoms with Crippen molar-refractivity contribution in [2.75, 3.05) is 6.67 Å². The number of benzene rings is 1. The molecule has 0 radical (unpaired) electrons. The summed E-state index contributed by atoms with van der Waals surface area (Å²) in [5.74, 6) is 0.431. The molecule has 7 heteroatoms. The Balaban J connectivity index is 1.83. The maximum atomic E-state index is 12.8. The van der Waals surface area contributed by atoms with Crippen molar-refractivity contribution in [3.05, 3.63) is 40.2 Å². The van der Waals surface area contributed by atoms with Crippen LogP contribution in [0.1, 0.15) is 12.0 Å². The lowest BCUT2D eigenvalue weighted by atomic mass is 10.0. The third-order valence-electron chi connectivity index (χ3n) is 3.88. The van der Waals surface area contributed by atoms with Crippen LogP contribution in [0.2, 0.25) is 0 Å². The lowest BCUT2D eigenvalue weighted by molar-refractivity contribution is -0.225. The SMILES string of the molecule is Cc1cc(=O)oc2ccc(OC3CC(O)[C@@H](O)C(CF)O3)cc12. The van der Waals surface area contributed by atoms with Gasteiger partial charge in [0.25, 0.3) is 0 Å². The van der Waals surface area contributed by atoms with E-state index in [1.54, 1.807) is 25.1 Å². The predicted molar refractivity (Wildman–Crippen MR) is 79.1 cm³/mol. The van der Waals surface area contributed by atoms with Crippen LogP contribution in [0.3, 0.4) is 0 Å². The highest BCUT2D eigenvalue weighted by molar-refractivity contribution is 5.81. The Morgan fingerprint density at radius 1 is 1.35 bits per heavy atom. The van der Waals surface area contributed by atoms with Crippen LogP contribution in [0, 0.1) is 6.92 Å². The summed E-state index contributed by atoms with van der Waals surface area (Å²) in [5.41, 5.74) is 0.745. The molecule has 1 aliphatic rings. The smallest absolute Gasteiger partial charge is 0.336 e. The zero-order valence-electron chi connectivity index (χ0n) is 12.4. The Labute approximate surface area is 131 Å². The maximum absolute atomic E-state index is 12.8. The summed E-state index contributed by atoms with van der Waals surface area (Å²) < 4.78 is 28.8. The standard InChI is InChI=1S/C16H17FO6/c1-8-4-14(19)22-12-3-2-9(5-10(8)12)21-15-6-11(18)16(20)13(7-17)23-15/h2-5,11,13,15-16,18,20H,6-7H2,1H3/t11?,13?,15?,16-/m1/s1. The average Bonchev–Trinajstić information content (AvgIpc) is 2.51. The lowest BCUT2D eigenvalue weighted by Crippen LogP contribution is -2.50. The molecule has 0 spiro atoms. The predicted octanol–water partition coefficient (Wildman–Crippen LogP) is 1.29. The molecule has 2 heterocycles. The van der Waals surface area contributed by atoms with Crippen molar-refractivity contribution in [1.82, 2.24) is 0 Å². The van der Waals surface area contributed by atoms with Gasteiger partial charge in [0, 0.05) is 17.9 Å². The minimum atomic E-state index is -1.27. The van der Waals surface area contributed by atoms with Crippen LogP contribution in [0.5, 0.6) is 5.75 Å². The van der Waals surface area contributed by atoms with Crippen LogP contribution < -0.4 is 10.4 Å². The number of rotatable bonds is 3. The van der Waals surface area contributed by atoms with Crippen LogP contribution in [0.15, 0.2) is 33.5 Å². The van der Waals surface area contributed by atoms with Crippen LogP contribution in [0.25, 0.3) is 11.0 Å². The van der Waals surface area contributed by atoms with Gasteiger partial charge in [0.05, 0.1) is 6.10 Å². The van der Waals surface area contributed by atoms with Gasteiger partial charge in [0.2, 0.25) is 6.29 Å². The highest BCUT2D eigenvalue weighted by atomic mass is 19.1. The number of aliphatic hydroxyl groups excluding tert-OH is 2. The van der Waals surface area contributed by atoms with Crippen LogP contribution in [0.4, 0.5) is 4.39 Å². The van der Waals surface area contributed by atoms with Gasteiger partial charge in [0.1, 0.15) is 30.2 Å². The van der Waals surface area contributed by atoms with E-state index in [9.17, 15) is 19.4 Å². The van der Waals surface area contributed by atoms with E-state index in [2.05, 4.69) is 0 Å². The molecule has 0 amide bonds. The quantitative estimate of drug-likeness (QED) is 0.827. The van der Waals surface area contributed by atoms with Crippen molar-refractivity contribution in [1.29, 1.82) is 0 Å². The average molecular weight is 324 g/mol. The van der Waals surface area contributed by atoms with Crippen molar-refractivity contribution in [3.63, 3.8) is 0 Å². The molecular formula is C16H17FO6. The van der Waals surface area contributed by atoms with Gasteiger partial charge in [-0.2, -0.15) is 0 Å². The fourth-order valence-electron chi connectivity index (χ4n) is 2.64. The van der Waals surface area contributed by atoms with Crippen LogP contribution in [-0.2, 0) is 4.74 Å². The second kappa shape index (κ2) is 6.27. The molecule has 6 nitrogen and oxygen atoms in total. The second-order valence-corrected chi connectivity index (χ2v) is 5.58. The summed E-state index contributed by atoms with van der Waals surface area (Å²) in [4.78, 5) is 11.3. The molecule has 3 rings (SSSR count). The van der Waals surface area contributed by atoms with E-state index in [0.717, 1.165) is 5.56 Å². The Bertz CT molecular complexity index is 758. The van der Waals surface area contributed by atoms with Gasteiger partial charge in [-0.1, -0.05) is 0 Å². The molecule has 0 bridgehead atoms. The highest BCUT2D eigenvalue weighted by Crippen LogP contribution is 2.27. The fraction of sp³-hybridized carbons (Fsp3) is 0.438. The van der Waals surface area contributed by atoms with E-state index >= 15 is 0 Å².